The molecule has 31 heavy (non-hydrogen) atoms. The lowest BCUT2D eigenvalue weighted by molar-refractivity contribution is -0.384. The molecule has 9 heteroatoms. The van der Waals surface area contributed by atoms with E-state index in [1.54, 1.807) is 36.4 Å². The fourth-order valence-corrected chi connectivity index (χ4v) is 4.24. The van der Waals surface area contributed by atoms with Gasteiger partial charge in [-0.05, 0) is 35.9 Å². The van der Waals surface area contributed by atoms with Crippen molar-refractivity contribution in [3.63, 3.8) is 0 Å². The van der Waals surface area contributed by atoms with Gasteiger partial charge in [0, 0.05) is 16.6 Å². The van der Waals surface area contributed by atoms with E-state index in [1.165, 1.54) is 29.4 Å². The summed E-state index contributed by atoms with van der Waals surface area (Å²) in [6.45, 7) is 0.0723. The molecular formula is C22H13BrN2O6. The normalized spacial score (nSPS) is 15.5. The summed E-state index contributed by atoms with van der Waals surface area (Å²) in [5.74, 6) is -0.0379. The maximum absolute atomic E-state index is 13.5. The third kappa shape index (κ3) is 3.14. The van der Waals surface area contributed by atoms with Crippen molar-refractivity contribution in [2.45, 2.75) is 12.6 Å². The molecule has 1 atom stereocenters. The molecule has 1 aliphatic rings. The van der Waals surface area contributed by atoms with Gasteiger partial charge < -0.3 is 13.7 Å². The first-order valence-corrected chi connectivity index (χ1v) is 10.1. The SMILES string of the molecule is O=C1c2oc3ccc(Br)cc3c(=O)c2[C@H](c2cccc([N+](=O)[O-])c2)N1Cc1ccco1. The summed E-state index contributed by atoms with van der Waals surface area (Å²) in [4.78, 5) is 39.0. The largest absolute Gasteiger partial charge is 0.467 e. The van der Waals surface area contributed by atoms with Gasteiger partial charge in [-0.3, -0.25) is 19.7 Å². The van der Waals surface area contributed by atoms with Crippen molar-refractivity contribution in [3.05, 3.63) is 108 Å². The van der Waals surface area contributed by atoms with E-state index in [4.69, 9.17) is 8.83 Å². The average Bonchev–Trinajstić information content (AvgIpc) is 3.36. The van der Waals surface area contributed by atoms with Crippen LogP contribution in [-0.2, 0) is 6.54 Å². The third-order valence-corrected chi connectivity index (χ3v) is 5.72. The Bertz CT molecular complexity index is 1410. The molecule has 1 aliphatic heterocycles. The van der Waals surface area contributed by atoms with Gasteiger partial charge in [0.25, 0.3) is 11.6 Å². The number of hydrogen-bond acceptors (Lipinski definition) is 6. The highest BCUT2D eigenvalue weighted by atomic mass is 79.9. The minimum atomic E-state index is -0.855. The van der Waals surface area contributed by atoms with Crippen molar-refractivity contribution in [2.75, 3.05) is 0 Å². The van der Waals surface area contributed by atoms with Crippen LogP contribution in [-0.4, -0.2) is 15.7 Å². The molecule has 0 spiro atoms. The zero-order valence-electron chi connectivity index (χ0n) is 15.8. The van der Waals surface area contributed by atoms with E-state index in [0.717, 1.165) is 0 Å². The Morgan fingerprint density at radius 3 is 2.68 bits per heavy atom. The summed E-state index contributed by atoms with van der Waals surface area (Å²) < 4.78 is 11.9. The number of furan rings is 1. The van der Waals surface area contributed by atoms with Crippen LogP contribution in [0.5, 0.6) is 0 Å². The van der Waals surface area contributed by atoms with Crippen LogP contribution in [0.25, 0.3) is 11.0 Å². The number of nitro groups is 1. The Balaban J connectivity index is 1.76. The van der Waals surface area contributed by atoms with Gasteiger partial charge in [-0.1, -0.05) is 28.1 Å². The van der Waals surface area contributed by atoms with E-state index in [2.05, 4.69) is 15.9 Å². The van der Waals surface area contributed by atoms with Crippen LogP contribution in [0.15, 0.2) is 79.0 Å². The predicted octanol–water partition coefficient (Wildman–Crippen LogP) is 4.80. The smallest absolute Gasteiger partial charge is 0.291 e. The zero-order valence-corrected chi connectivity index (χ0v) is 17.4. The number of hydrogen-bond donors (Lipinski definition) is 0. The van der Waals surface area contributed by atoms with Crippen molar-refractivity contribution in [3.8, 4) is 0 Å². The summed E-state index contributed by atoms with van der Waals surface area (Å²) in [5, 5.41) is 11.6. The number of rotatable bonds is 4. The monoisotopic (exact) mass is 480 g/mol. The third-order valence-electron chi connectivity index (χ3n) is 5.23. The highest BCUT2D eigenvalue weighted by Gasteiger charge is 2.43. The van der Waals surface area contributed by atoms with Crippen molar-refractivity contribution < 1.29 is 18.6 Å². The molecule has 0 bridgehead atoms. The summed E-state index contributed by atoms with van der Waals surface area (Å²) in [7, 11) is 0. The number of carbonyl (C=O) groups excluding carboxylic acids is 1. The predicted molar refractivity (Wildman–Crippen MR) is 114 cm³/mol. The Morgan fingerprint density at radius 1 is 1.10 bits per heavy atom. The number of benzene rings is 2. The number of amides is 1. The van der Waals surface area contributed by atoms with Crippen LogP contribution in [0.1, 0.15) is 33.5 Å². The lowest BCUT2D eigenvalue weighted by Gasteiger charge is -2.24. The van der Waals surface area contributed by atoms with Gasteiger partial charge in [-0.25, -0.2) is 0 Å². The summed E-state index contributed by atoms with van der Waals surface area (Å²) in [6, 6.07) is 13.4. The van der Waals surface area contributed by atoms with Gasteiger partial charge in [0.1, 0.15) is 11.3 Å². The molecule has 3 heterocycles. The molecule has 0 unspecified atom stereocenters. The van der Waals surface area contributed by atoms with E-state index in [-0.39, 0.29) is 34.6 Å². The average molecular weight is 481 g/mol. The maximum Gasteiger partial charge on any atom is 0.291 e. The number of non-ortho nitro benzene ring substituents is 1. The Hall–Kier alpha value is -3.72. The lowest BCUT2D eigenvalue weighted by Crippen LogP contribution is -2.29. The van der Waals surface area contributed by atoms with Gasteiger partial charge in [0.15, 0.2) is 5.43 Å². The zero-order chi connectivity index (χ0) is 21.7. The number of carbonyl (C=O) groups is 1. The first-order chi connectivity index (χ1) is 14.9. The van der Waals surface area contributed by atoms with E-state index in [1.807, 2.05) is 0 Å². The van der Waals surface area contributed by atoms with Crippen LogP contribution in [0.2, 0.25) is 0 Å². The maximum atomic E-state index is 13.5. The van der Waals surface area contributed by atoms with E-state index < -0.39 is 16.9 Å². The molecule has 0 saturated heterocycles. The number of fused-ring (bicyclic) bond motifs is 2. The summed E-state index contributed by atoms with van der Waals surface area (Å²) >= 11 is 3.35. The molecule has 0 aliphatic carbocycles. The van der Waals surface area contributed by atoms with E-state index in [9.17, 15) is 19.7 Å². The summed E-state index contributed by atoms with van der Waals surface area (Å²) in [6.07, 6.45) is 1.49. The van der Waals surface area contributed by atoms with Crippen LogP contribution < -0.4 is 5.43 Å². The van der Waals surface area contributed by atoms with Gasteiger partial charge in [0.05, 0.1) is 34.7 Å². The number of nitrogens with zero attached hydrogens (tertiary/aromatic N) is 2. The molecule has 0 radical (unpaired) electrons. The Labute approximate surface area is 183 Å². The lowest BCUT2D eigenvalue weighted by atomic mass is 9.98. The molecule has 8 nitrogen and oxygen atoms in total. The molecule has 2 aromatic carbocycles. The second kappa shape index (κ2) is 7.21. The fourth-order valence-electron chi connectivity index (χ4n) is 3.88. The van der Waals surface area contributed by atoms with E-state index in [0.29, 0.717) is 21.2 Å². The minimum Gasteiger partial charge on any atom is -0.467 e. The molecule has 5 rings (SSSR count). The van der Waals surface area contributed by atoms with Crippen molar-refractivity contribution >= 4 is 38.5 Å². The van der Waals surface area contributed by atoms with Crippen LogP contribution in [0.4, 0.5) is 5.69 Å². The quantitative estimate of drug-likeness (QED) is 0.306. The Morgan fingerprint density at radius 2 is 1.94 bits per heavy atom. The summed E-state index contributed by atoms with van der Waals surface area (Å²) in [5.41, 5.74) is 0.392. The number of halogens is 1. The van der Waals surface area contributed by atoms with Crippen molar-refractivity contribution in [1.82, 2.24) is 4.90 Å². The van der Waals surface area contributed by atoms with E-state index >= 15 is 0 Å². The van der Waals surface area contributed by atoms with Gasteiger partial charge in [-0.15, -0.1) is 0 Å². The van der Waals surface area contributed by atoms with Crippen molar-refractivity contribution in [2.24, 2.45) is 0 Å². The van der Waals surface area contributed by atoms with Gasteiger partial charge >= 0.3 is 0 Å². The standard InChI is InChI=1S/C22H13BrN2O6/c23-13-6-7-17-16(10-13)20(26)18-19(12-3-1-4-14(9-12)25(28)29)24(22(27)21(18)31-17)11-15-5-2-8-30-15/h1-10,19H,11H2/t19-/m0/s1. The molecule has 0 saturated carbocycles. The Kier molecular flexibility index (Phi) is 4.48. The molecule has 1 amide bonds. The molecule has 0 fully saturated rings. The molecular weight excluding hydrogens is 468 g/mol. The topological polar surface area (TPSA) is 107 Å². The highest BCUT2D eigenvalue weighted by molar-refractivity contribution is 9.10. The molecule has 0 N–H and O–H groups in total. The first-order valence-electron chi connectivity index (χ1n) is 9.28. The second-order valence-electron chi connectivity index (χ2n) is 7.08. The molecule has 2 aromatic heterocycles. The second-order valence-corrected chi connectivity index (χ2v) is 8.00. The molecule has 4 aromatic rings. The van der Waals surface area contributed by atoms with Gasteiger partial charge in [0.2, 0.25) is 5.76 Å². The van der Waals surface area contributed by atoms with Crippen molar-refractivity contribution in [1.29, 1.82) is 0 Å². The van der Waals surface area contributed by atoms with Crippen LogP contribution >= 0.6 is 15.9 Å². The fraction of sp³-hybridized carbons (Fsp3) is 0.0909. The number of nitro benzene ring substituents is 1. The minimum absolute atomic E-state index is 0.0668. The van der Waals surface area contributed by atoms with Crippen LogP contribution in [0, 0.1) is 10.1 Å². The molecule has 154 valence electrons. The first kappa shape index (κ1) is 19.3. The van der Waals surface area contributed by atoms with Gasteiger partial charge in [-0.2, -0.15) is 0 Å². The van der Waals surface area contributed by atoms with Crippen LogP contribution in [0.3, 0.4) is 0 Å². The highest BCUT2D eigenvalue weighted by Crippen LogP contribution is 2.40.